The number of allylic oxidation sites excluding steroid dienone is 3. The number of hydrogen-bond donors (Lipinski definition) is 1. The highest BCUT2D eigenvalue weighted by Gasteiger charge is 2.18. The van der Waals surface area contributed by atoms with Crippen LogP contribution in [0.4, 0.5) is 5.69 Å². The van der Waals surface area contributed by atoms with Gasteiger partial charge in [0.1, 0.15) is 6.54 Å². The zero-order valence-electron chi connectivity index (χ0n) is 23.7. The maximum Gasteiger partial charge on any atom is 0.283 e. The van der Waals surface area contributed by atoms with Crippen LogP contribution in [-0.4, -0.2) is 46.0 Å². The van der Waals surface area contributed by atoms with E-state index in [9.17, 15) is 21.4 Å². The summed E-state index contributed by atoms with van der Waals surface area (Å²) in [6.07, 6.45) is 12.1. The predicted molar refractivity (Wildman–Crippen MR) is 166 cm³/mol. The normalized spacial score (nSPS) is 14.7. The molecule has 2 aromatic carbocycles. The summed E-state index contributed by atoms with van der Waals surface area (Å²) in [6, 6.07) is 20.2. The number of rotatable bonds is 15. The van der Waals surface area contributed by atoms with Crippen molar-refractivity contribution in [1.82, 2.24) is 5.48 Å². The van der Waals surface area contributed by atoms with Crippen LogP contribution in [0.15, 0.2) is 84.6 Å². The van der Waals surface area contributed by atoms with E-state index in [1.54, 1.807) is 6.92 Å². The molecule has 1 N–H and O–H groups in total. The fourth-order valence-corrected chi connectivity index (χ4v) is 6.38. The van der Waals surface area contributed by atoms with Crippen LogP contribution in [0, 0.1) is 0 Å². The number of unbranched alkanes of at least 4 members (excludes halogenated alkanes) is 2. The molecule has 224 valence electrons. The first-order valence-electron chi connectivity index (χ1n) is 14.1. The Morgan fingerprint density at radius 3 is 2.48 bits per heavy atom. The van der Waals surface area contributed by atoms with Gasteiger partial charge < -0.3 is 9.45 Å². The van der Waals surface area contributed by atoms with E-state index in [4.69, 9.17) is 4.28 Å². The third kappa shape index (κ3) is 9.07. The molecule has 1 aromatic heterocycles. The summed E-state index contributed by atoms with van der Waals surface area (Å²) in [7, 11) is -7.85. The lowest BCUT2D eigenvalue weighted by atomic mass is 10.0. The van der Waals surface area contributed by atoms with Crippen molar-refractivity contribution in [2.45, 2.75) is 39.2 Å². The van der Waals surface area contributed by atoms with E-state index in [2.05, 4.69) is 45.3 Å². The number of nitrogens with one attached hydrogen (secondary N) is 1. The third-order valence-corrected chi connectivity index (χ3v) is 8.81. The molecule has 0 atom stereocenters. The van der Waals surface area contributed by atoms with E-state index >= 15 is 0 Å². The molecule has 0 spiro atoms. The molecule has 11 heteroatoms. The first kappa shape index (κ1) is 31.6. The highest BCUT2D eigenvalue weighted by atomic mass is 32.2. The zero-order valence-corrected chi connectivity index (χ0v) is 25.3. The quantitative estimate of drug-likeness (QED) is 0.115. The van der Waals surface area contributed by atoms with Gasteiger partial charge in [-0.1, -0.05) is 49.4 Å². The van der Waals surface area contributed by atoms with Crippen molar-refractivity contribution in [1.29, 1.82) is 0 Å². The molecule has 2 heterocycles. The molecule has 0 bridgehead atoms. The number of benzene rings is 2. The number of anilines is 1. The summed E-state index contributed by atoms with van der Waals surface area (Å²) >= 11 is 0. The Morgan fingerprint density at radius 2 is 1.67 bits per heavy atom. The second-order valence-corrected chi connectivity index (χ2v) is 13.2. The highest BCUT2D eigenvalue weighted by molar-refractivity contribution is 7.86. The van der Waals surface area contributed by atoms with Crippen molar-refractivity contribution in [3.05, 3.63) is 95.8 Å². The van der Waals surface area contributed by atoms with Gasteiger partial charge in [-0.2, -0.15) is 22.7 Å². The summed E-state index contributed by atoms with van der Waals surface area (Å²) in [5, 5.41) is 1.09. The number of hydroxylamine groups is 1. The van der Waals surface area contributed by atoms with Crippen molar-refractivity contribution >= 4 is 49.0 Å². The number of fused-ring (bicyclic) bond motifs is 2. The lowest BCUT2D eigenvalue weighted by Gasteiger charge is -2.30. The van der Waals surface area contributed by atoms with Crippen LogP contribution in [0.1, 0.15) is 43.9 Å². The minimum Gasteiger partial charge on any atom is -0.748 e. The van der Waals surface area contributed by atoms with Gasteiger partial charge in [0.2, 0.25) is 11.2 Å². The smallest absolute Gasteiger partial charge is 0.283 e. The zero-order chi connectivity index (χ0) is 30.0. The molecule has 9 nitrogen and oxygen atoms in total. The van der Waals surface area contributed by atoms with Crippen molar-refractivity contribution in [3.63, 3.8) is 0 Å². The summed E-state index contributed by atoms with van der Waals surface area (Å²) in [5.74, 6) is -0.430. The lowest BCUT2D eigenvalue weighted by molar-refractivity contribution is -0.673. The Hall–Kier alpha value is -3.35. The minimum absolute atomic E-state index is 0.0625. The molecule has 0 aliphatic carbocycles. The van der Waals surface area contributed by atoms with Crippen LogP contribution in [-0.2, 0) is 31.1 Å². The molecule has 0 fully saturated rings. The molecule has 1 aliphatic rings. The highest BCUT2D eigenvalue weighted by Crippen LogP contribution is 2.31. The lowest BCUT2D eigenvalue weighted by Crippen LogP contribution is -2.38. The van der Waals surface area contributed by atoms with Crippen molar-refractivity contribution in [3.8, 4) is 0 Å². The van der Waals surface area contributed by atoms with E-state index in [0.717, 1.165) is 33.5 Å². The van der Waals surface area contributed by atoms with Crippen molar-refractivity contribution in [2.24, 2.45) is 0 Å². The van der Waals surface area contributed by atoms with Crippen molar-refractivity contribution in [2.75, 3.05) is 29.5 Å². The summed E-state index contributed by atoms with van der Waals surface area (Å²) in [4.78, 5) is 2.14. The van der Waals surface area contributed by atoms with Gasteiger partial charge in [0, 0.05) is 60.2 Å². The Balaban J connectivity index is 1.53. The fourth-order valence-electron chi connectivity index (χ4n) is 4.88. The topological polar surface area (TPSA) is 120 Å². The molecule has 42 heavy (non-hydrogen) atoms. The number of nitrogens with zero attached hydrogens (tertiary/aromatic N) is 2. The number of aryl methyl sites for hydroxylation is 1. The summed E-state index contributed by atoms with van der Waals surface area (Å²) in [5.41, 5.74) is 7.49. The van der Waals surface area contributed by atoms with Gasteiger partial charge in [0.25, 0.3) is 10.1 Å². The number of aromatic nitrogens is 1. The largest absolute Gasteiger partial charge is 0.748 e. The molecular formula is C31H37N3O6S2. The van der Waals surface area contributed by atoms with Crippen LogP contribution >= 0.6 is 0 Å². The molecule has 0 unspecified atom stereocenters. The Morgan fingerprint density at radius 1 is 0.905 bits per heavy atom. The van der Waals surface area contributed by atoms with Crippen LogP contribution in [0.5, 0.6) is 0 Å². The average Bonchev–Trinajstić information content (AvgIpc) is 2.97. The summed E-state index contributed by atoms with van der Waals surface area (Å²) < 4.78 is 64.2. The van der Waals surface area contributed by atoms with Crippen LogP contribution in [0.25, 0.3) is 23.1 Å². The van der Waals surface area contributed by atoms with Gasteiger partial charge in [-0.15, -0.1) is 0 Å². The second-order valence-electron chi connectivity index (χ2n) is 9.98. The molecule has 0 amide bonds. The van der Waals surface area contributed by atoms with Gasteiger partial charge in [0.05, 0.1) is 15.9 Å². The number of para-hydroxylation sites is 2. The Labute approximate surface area is 248 Å². The Bertz CT molecular complexity index is 1680. The van der Waals surface area contributed by atoms with E-state index in [-0.39, 0.29) is 11.5 Å². The van der Waals surface area contributed by atoms with E-state index in [1.807, 2.05) is 60.7 Å². The van der Waals surface area contributed by atoms with Crippen molar-refractivity contribution < 1.29 is 30.2 Å². The van der Waals surface area contributed by atoms with Gasteiger partial charge in [0.15, 0.2) is 0 Å². The van der Waals surface area contributed by atoms with Crippen LogP contribution < -0.4 is 14.9 Å². The standard InChI is InChI=1S/C31H37N3O6S2/c1-2-32-40-42(38,39)25-10-8-23-34-29(21-19-27-13-4-6-17-31(27)34)15-11-14-28-20-18-26-12-3-5-16-30(26)33(28)22-7-9-24-41(35,36)37/h3-6,11-21,32H,2,7-10,22-25H2,1H3. The van der Waals surface area contributed by atoms with E-state index in [0.29, 0.717) is 45.3 Å². The predicted octanol–water partition coefficient (Wildman–Crippen LogP) is 4.53. The molecule has 4 rings (SSSR count). The van der Waals surface area contributed by atoms with E-state index in [1.165, 1.54) is 0 Å². The summed E-state index contributed by atoms with van der Waals surface area (Å²) in [6.45, 7) is 3.39. The molecule has 0 radical (unpaired) electrons. The van der Waals surface area contributed by atoms with Crippen LogP contribution in [0.2, 0.25) is 0 Å². The first-order valence-corrected chi connectivity index (χ1v) is 17.2. The number of hydrogen-bond acceptors (Lipinski definition) is 8. The van der Waals surface area contributed by atoms with Gasteiger partial charge in [-0.05, 0) is 55.2 Å². The van der Waals surface area contributed by atoms with Gasteiger partial charge in [-0.25, -0.2) is 8.42 Å². The molecule has 0 saturated carbocycles. The number of pyridine rings is 1. The fraction of sp³-hybridized carbons (Fsp3) is 0.323. The SMILES string of the molecule is CCNOS(=O)(=O)CCCC[n+]1c(C=CC=C2C=Cc3ccccc3N2CCCCS(=O)(=O)[O-])ccc2ccccc21. The van der Waals surface area contributed by atoms with Gasteiger partial charge in [-0.3, -0.25) is 0 Å². The molecular weight excluding hydrogens is 574 g/mol. The van der Waals surface area contributed by atoms with E-state index < -0.39 is 20.2 Å². The molecule has 3 aromatic rings. The first-order chi connectivity index (χ1) is 20.2. The minimum atomic E-state index is -4.24. The monoisotopic (exact) mass is 611 g/mol. The molecule has 1 aliphatic heterocycles. The molecule has 0 saturated heterocycles. The van der Waals surface area contributed by atoms with Gasteiger partial charge >= 0.3 is 0 Å². The maximum atomic E-state index is 12.0. The maximum absolute atomic E-state index is 12.0. The van der Waals surface area contributed by atoms with Crippen LogP contribution in [0.3, 0.4) is 0 Å². The second kappa shape index (κ2) is 14.7. The third-order valence-electron chi connectivity index (χ3n) is 6.86. The Kier molecular flexibility index (Phi) is 11.1. The average molecular weight is 612 g/mol.